The monoisotopic (exact) mass is 444 g/mol. The van der Waals surface area contributed by atoms with Crippen LogP contribution in [0.5, 0.6) is 5.75 Å². The topological polar surface area (TPSA) is 42.0 Å². The Balaban J connectivity index is 1.68. The lowest BCUT2D eigenvalue weighted by Crippen LogP contribution is -2.47. The van der Waals surface area contributed by atoms with Crippen molar-refractivity contribution in [3.8, 4) is 5.75 Å². The summed E-state index contributed by atoms with van der Waals surface area (Å²) in [4.78, 5) is 16.3. The van der Waals surface area contributed by atoms with Gasteiger partial charge in [0.05, 0.1) is 11.1 Å². The fraction of sp³-hybridized carbons (Fsp3) is 0.650. The van der Waals surface area contributed by atoms with E-state index in [9.17, 15) is 9.18 Å². The Labute approximate surface area is 169 Å². The maximum Gasteiger partial charge on any atom is 0.410 e. The van der Waals surface area contributed by atoms with Gasteiger partial charge in [-0.1, -0.05) is 6.07 Å². The minimum atomic E-state index is -0.473. The summed E-state index contributed by atoms with van der Waals surface area (Å²) >= 11 is 3.31. The molecule has 1 aromatic rings. The number of amides is 1. The molecule has 0 radical (unpaired) electrons. The number of halogens is 2. The molecule has 5 nitrogen and oxygen atoms in total. The van der Waals surface area contributed by atoms with Gasteiger partial charge < -0.3 is 19.3 Å². The molecular weight excluding hydrogens is 415 g/mol. The van der Waals surface area contributed by atoms with Gasteiger partial charge in [-0.25, -0.2) is 9.18 Å². The molecule has 27 heavy (non-hydrogen) atoms. The number of carbonyl (C=O) groups excluding carboxylic acids is 1. The molecule has 0 N–H and O–H groups in total. The van der Waals surface area contributed by atoms with E-state index < -0.39 is 5.60 Å². The Morgan fingerprint density at radius 1 is 1.33 bits per heavy atom. The maximum absolute atomic E-state index is 13.7. The van der Waals surface area contributed by atoms with Crippen LogP contribution in [0.4, 0.5) is 9.18 Å². The number of benzene rings is 1. The Morgan fingerprint density at radius 2 is 2.00 bits per heavy atom. The molecule has 1 heterocycles. The molecule has 7 heteroatoms. The molecule has 0 spiro atoms. The predicted octanol–water partition coefficient (Wildman–Crippen LogP) is 4.69. The Kier molecular flexibility index (Phi) is 7.91. The molecule has 152 valence electrons. The Morgan fingerprint density at radius 3 is 2.59 bits per heavy atom. The first-order valence-corrected chi connectivity index (χ1v) is 10.2. The zero-order valence-corrected chi connectivity index (χ0v) is 18.2. The summed E-state index contributed by atoms with van der Waals surface area (Å²) in [6, 6.07) is 5.02. The van der Waals surface area contributed by atoms with Crippen LogP contribution >= 0.6 is 15.9 Å². The molecule has 1 saturated heterocycles. The number of ether oxygens (including phenoxy) is 2. The third-order valence-electron chi connectivity index (χ3n) is 4.57. The first kappa shape index (κ1) is 22.0. The number of rotatable bonds is 6. The van der Waals surface area contributed by atoms with Crippen LogP contribution in [0, 0.1) is 5.82 Å². The minimum absolute atomic E-state index is 0.210. The fourth-order valence-electron chi connectivity index (χ4n) is 3.10. The van der Waals surface area contributed by atoms with Crippen molar-refractivity contribution in [1.82, 2.24) is 9.80 Å². The standard InChI is InChI=1S/C20H30BrFN2O3/c1-20(2,3)27-19(25)23(4)15-9-12-24(13-10-15)11-6-14-26-18-16(21)7-5-8-17(18)22/h5,7-8,15H,6,9-14H2,1-4H3. The summed E-state index contributed by atoms with van der Waals surface area (Å²) in [5.41, 5.74) is -0.473. The van der Waals surface area contributed by atoms with Gasteiger partial charge in [-0.2, -0.15) is 0 Å². The quantitative estimate of drug-likeness (QED) is 0.596. The highest BCUT2D eigenvalue weighted by Gasteiger charge is 2.28. The molecule has 1 aliphatic rings. The lowest BCUT2D eigenvalue weighted by molar-refractivity contribution is 0.0151. The number of likely N-dealkylation sites (tertiary alicyclic amines) is 1. The molecule has 0 atom stereocenters. The molecule has 1 aliphatic heterocycles. The largest absolute Gasteiger partial charge is 0.489 e. The van der Waals surface area contributed by atoms with Crippen LogP contribution in [-0.2, 0) is 4.74 Å². The van der Waals surface area contributed by atoms with Gasteiger partial charge in [0, 0.05) is 32.7 Å². The molecule has 1 fully saturated rings. The Hall–Kier alpha value is -1.34. The van der Waals surface area contributed by atoms with Gasteiger partial charge >= 0.3 is 6.09 Å². The first-order chi connectivity index (χ1) is 12.7. The molecule has 0 saturated carbocycles. The molecule has 0 bridgehead atoms. The average molecular weight is 445 g/mol. The second-order valence-electron chi connectivity index (χ2n) is 7.92. The van der Waals surface area contributed by atoms with Crippen LogP contribution in [0.25, 0.3) is 0 Å². The number of piperidine rings is 1. The third kappa shape index (κ3) is 6.96. The van der Waals surface area contributed by atoms with Crippen LogP contribution in [0.15, 0.2) is 22.7 Å². The molecule has 0 aliphatic carbocycles. The highest BCUT2D eigenvalue weighted by Crippen LogP contribution is 2.27. The summed E-state index contributed by atoms with van der Waals surface area (Å²) in [7, 11) is 1.81. The lowest BCUT2D eigenvalue weighted by atomic mass is 10.0. The third-order valence-corrected chi connectivity index (χ3v) is 5.19. The van der Waals surface area contributed by atoms with Crippen molar-refractivity contribution in [2.45, 2.75) is 51.7 Å². The normalized spacial score (nSPS) is 16.2. The van der Waals surface area contributed by atoms with Crippen molar-refractivity contribution in [2.75, 3.05) is 33.3 Å². The van der Waals surface area contributed by atoms with E-state index in [0.717, 1.165) is 38.9 Å². The summed E-state index contributed by atoms with van der Waals surface area (Å²) in [6.07, 6.45) is 2.42. The summed E-state index contributed by atoms with van der Waals surface area (Å²) in [6.45, 7) is 8.87. The lowest BCUT2D eigenvalue weighted by Gasteiger charge is -2.37. The van der Waals surface area contributed by atoms with Crippen molar-refractivity contribution in [3.63, 3.8) is 0 Å². The van der Waals surface area contributed by atoms with E-state index in [-0.39, 0.29) is 23.7 Å². The van der Waals surface area contributed by atoms with Crippen LogP contribution in [-0.4, -0.2) is 60.8 Å². The molecule has 1 amide bonds. The van der Waals surface area contributed by atoms with E-state index in [2.05, 4.69) is 20.8 Å². The second kappa shape index (κ2) is 9.73. The van der Waals surface area contributed by atoms with Gasteiger partial charge in [0.15, 0.2) is 11.6 Å². The van der Waals surface area contributed by atoms with E-state index in [1.54, 1.807) is 17.0 Å². The van der Waals surface area contributed by atoms with Crippen molar-refractivity contribution in [2.24, 2.45) is 0 Å². The smallest absolute Gasteiger partial charge is 0.410 e. The van der Waals surface area contributed by atoms with Crippen LogP contribution in [0.1, 0.15) is 40.0 Å². The highest BCUT2D eigenvalue weighted by atomic mass is 79.9. The van der Waals surface area contributed by atoms with E-state index in [0.29, 0.717) is 11.1 Å². The predicted molar refractivity (Wildman–Crippen MR) is 108 cm³/mol. The number of hydrogen-bond donors (Lipinski definition) is 0. The summed E-state index contributed by atoms with van der Waals surface area (Å²) in [5, 5.41) is 0. The SMILES string of the molecule is CN(C(=O)OC(C)(C)C)C1CCN(CCCOc2c(F)cccc2Br)CC1. The van der Waals surface area contributed by atoms with Gasteiger partial charge in [0.1, 0.15) is 5.60 Å². The zero-order chi connectivity index (χ0) is 20.0. The fourth-order valence-corrected chi connectivity index (χ4v) is 3.55. The molecule has 2 rings (SSSR count). The van der Waals surface area contributed by atoms with E-state index in [1.807, 2.05) is 27.8 Å². The number of hydrogen-bond acceptors (Lipinski definition) is 4. The van der Waals surface area contributed by atoms with Gasteiger partial charge in [-0.05, 0) is 68.1 Å². The van der Waals surface area contributed by atoms with Crippen molar-refractivity contribution < 1.29 is 18.7 Å². The zero-order valence-electron chi connectivity index (χ0n) is 16.6. The first-order valence-electron chi connectivity index (χ1n) is 9.42. The van der Waals surface area contributed by atoms with E-state index >= 15 is 0 Å². The van der Waals surface area contributed by atoms with Crippen LogP contribution in [0.3, 0.4) is 0 Å². The van der Waals surface area contributed by atoms with Crippen molar-refractivity contribution in [3.05, 3.63) is 28.5 Å². The van der Waals surface area contributed by atoms with Crippen LogP contribution in [0.2, 0.25) is 0 Å². The second-order valence-corrected chi connectivity index (χ2v) is 8.77. The number of nitrogens with zero attached hydrogens (tertiary/aromatic N) is 2. The van der Waals surface area contributed by atoms with E-state index in [4.69, 9.17) is 9.47 Å². The molecule has 0 aromatic heterocycles. The maximum atomic E-state index is 13.7. The summed E-state index contributed by atoms with van der Waals surface area (Å²) < 4.78 is 25.4. The van der Waals surface area contributed by atoms with Gasteiger partial charge in [-0.3, -0.25) is 0 Å². The molecule has 0 unspecified atom stereocenters. The highest BCUT2D eigenvalue weighted by molar-refractivity contribution is 9.10. The number of carbonyl (C=O) groups is 1. The number of para-hydroxylation sites is 1. The molecule has 1 aromatic carbocycles. The Bertz CT molecular complexity index is 608. The van der Waals surface area contributed by atoms with Gasteiger partial charge in [0.25, 0.3) is 0 Å². The van der Waals surface area contributed by atoms with Crippen molar-refractivity contribution in [1.29, 1.82) is 0 Å². The van der Waals surface area contributed by atoms with Crippen LogP contribution < -0.4 is 4.74 Å². The summed E-state index contributed by atoms with van der Waals surface area (Å²) in [5.74, 6) is -0.0782. The van der Waals surface area contributed by atoms with Crippen molar-refractivity contribution >= 4 is 22.0 Å². The molecular formula is C20H30BrFN2O3. The van der Waals surface area contributed by atoms with Gasteiger partial charge in [0.2, 0.25) is 0 Å². The average Bonchev–Trinajstić information content (AvgIpc) is 2.59. The minimum Gasteiger partial charge on any atom is -0.489 e. The van der Waals surface area contributed by atoms with Gasteiger partial charge in [-0.15, -0.1) is 0 Å². The van der Waals surface area contributed by atoms with E-state index in [1.165, 1.54) is 6.07 Å².